The molecule has 1 aliphatic rings. The van der Waals surface area contributed by atoms with Crippen molar-refractivity contribution in [3.63, 3.8) is 0 Å². The molecule has 0 saturated heterocycles. The fourth-order valence-electron chi connectivity index (χ4n) is 2.76. The van der Waals surface area contributed by atoms with Gasteiger partial charge in [-0.05, 0) is 36.2 Å². The van der Waals surface area contributed by atoms with Crippen molar-refractivity contribution in [1.29, 1.82) is 0 Å². The molecule has 0 aromatic heterocycles. The normalized spacial score (nSPS) is 15.7. The van der Waals surface area contributed by atoms with E-state index in [1.807, 2.05) is 30.3 Å². The lowest BCUT2D eigenvalue weighted by molar-refractivity contribution is -0.127. The van der Waals surface area contributed by atoms with E-state index in [9.17, 15) is 9.59 Å². The first-order valence-electron chi connectivity index (χ1n) is 9.07. The zero-order chi connectivity index (χ0) is 20.6. The Morgan fingerprint density at radius 2 is 2.03 bits per heavy atom. The van der Waals surface area contributed by atoms with Crippen molar-refractivity contribution >= 4 is 23.7 Å². The molecule has 8 heteroatoms. The molecule has 1 aliphatic heterocycles. The average molecular weight is 394 g/mol. The number of benzene rings is 2. The predicted molar refractivity (Wildman–Crippen MR) is 109 cm³/mol. The van der Waals surface area contributed by atoms with Gasteiger partial charge >= 0.3 is 0 Å². The van der Waals surface area contributed by atoms with Crippen molar-refractivity contribution in [3.8, 4) is 11.5 Å². The third-order valence-corrected chi connectivity index (χ3v) is 4.38. The second kappa shape index (κ2) is 9.50. The van der Waals surface area contributed by atoms with Crippen LogP contribution in [0.1, 0.15) is 24.5 Å². The van der Waals surface area contributed by atoms with Crippen LogP contribution in [0.3, 0.4) is 0 Å². The van der Waals surface area contributed by atoms with Crippen LogP contribution in [0, 0.1) is 5.92 Å². The summed E-state index contributed by atoms with van der Waals surface area (Å²) in [5.41, 5.74) is 7.14. The third kappa shape index (κ3) is 5.41. The van der Waals surface area contributed by atoms with Crippen molar-refractivity contribution in [2.75, 3.05) is 7.11 Å². The number of hydrogen-bond donors (Lipinski definition) is 2. The minimum atomic E-state index is -0.550. The Kier molecular flexibility index (Phi) is 6.57. The topological polar surface area (TPSA) is 101 Å². The Hall–Kier alpha value is -3.68. The summed E-state index contributed by atoms with van der Waals surface area (Å²) < 4.78 is 11.2. The number of hydrazone groups is 2. The smallest absolute Gasteiger partial charge is 0.249 e. The number of carbonyl (C=O) groups is 2. The Morgan fingerprint density at radius 1 is 1.24 bits per heavy atom. The first kappa shape index (κ1) is 20.1. The van der Waals surface area contributed by atoms with Gasteiger partial charge in [0.2, 0.25) is 11.8 Å². The molecule has 2 amide bonds. The molecule has 3 rings (SSSR count). The number of carbonyl (C=O) groups excluding carboxylic acids is 2. The molecule has 2 aromatic rings. The van der Waals surface area contributed by atoms with Crippen molar-refractivity contribution in [2.24, 2.45) is 16.1 Å². The minimum absolute atomic E-state index is 0.00586. The van der Waals surface area contributed by atoms with E-state index in [1.54, 1.807) is 32.2 Å². The highest BCUT2D eigenvalue weighted by atomic mass is 16.5. The van der Waals surface area contributed by atoms with Crippen molar-refractivity contribution in [2.45, 2.75) is 20.0 Å². The second-order valence-electron chi connectivity index (χ2n) is 6.46. The molecule has 8 nitrogen and oxygen atoms in total. The molecule has 2 N–H and O–H groups in total. The van der Waals surface area contributed by atoms with Gasteiger partial charge < -0.3 is 9.47 Å². The lowest BCUT2D eigenvalue weighted by atomic mass is 10.0. The van der Waals surface area contributed by atoms with Gasteiger partial charge in [-0.2, -0.15) is 10.2 Å². The van der Waals surface area contributed by atoms with Crippen LogP contribution >= 0.6 is 0 Å². The van der Waals surface area contributed by atoms with Gasteiger partial charge in [-0.3, -0.25) is 9.59 Å². The van der Waals surface area contributed by atoms with Crippen molar-refractivity contribution < 1.29 is 19.1 Å². The van der Waals surface area contributed by atoms with E-state index in [1.165, 1.54) is 6.21 Å². The summed E-state index contributed by atoms with van der Waals surface area (Å²) in [6, 6.07) is 15.2. The van der Waals surface area contributed by atoms with Crippen LogP contribution in [-0.4, -0.2) is 30.9 Å². The number of amides is 2. The monoisotopic (exact) mass is 394 g/mol. The lowest BCUT2D eigenvalue weighted by Gasteiger charge is -2.11. The largest absolute Gasteiger partial charge is 0.493 e. The molecule has 0 fully saturated rings. The molecule has 0 saturated carbocycles. The molecule has 0 bridgehead atoms. The number of methoxy groups -OCH3 is 1. The van der Waals surface area contributed by atoms with Crippen molar-refractivity contribution in [3.05, 3.63) is 59.7 Å². The highest BCUT2D eigenvalue weighted by Crippen LogP contribution is 2.28. The van der Waals surface area contributed by atoms with E-state index in [0.29, 0.717) is 23.8 Å². The molecule has 150 valence electrons. The molecule has 1 heterocycles. The van der Waals surface area contributed by atoms with E-state index >= 15 is 0 Å². The predicted octanol–water partition coefficient (Wildman–Crippen LogP) is 2.24. The molecule has 29 heavy (non-hydrogen) atoms. The Morgan fingerprint density at radius 3 is 2.72 bits per heavy atom. The third-order valence-electron chi connectivity index (χ3n) is 4.38. The lowest BCUT2D eigenvalue weighted by Crippen LogP contribution is -2.29. The molecular formula is C21H22N4O4. The zero-order valence-corrected chi connectivity index (χ0v) is 16.2. The number of nitrogens with one attached hydrogen (secondary N) is 2. The van der Waals surface area contributed by atoms with E-state index < -0.39 is 5.92 Å². The Labute approximate surface area is 168 Å². The molecule has 1 atom stereocenters. The average Bonchev–Trinajstić information content (AvgIpc) is 3.05. The Balaban J connectivity index is 1.56. The number of ether oxygens (including phenoxy) is 2. The highest BCUT2D eigenvalue weighted by Gasteiger charge is 2.28. The molecule has 2 aromatic carbocycles. The fourth-order valence-corrected chi connectivity index (χ4v) is 2.76. The van der Waals surface area contributed by atoms with Gasteiger partial charge in [-0.25, -0.2) is 10.9 Å². The van der Waals surface area contributed by atoms with E-state index in [2.05, 4.69) is 21.1 Å². The van der Waals surface area contributed by atoms with Crippen LogP contribution in [0.25, 0.3) is 0 Å². The maximum atomic E-state index is 12.0. The van der Waals surface area contributed by atoms with Gasteiger partial charge in [0.1, 0.15) is 6.61 Å². The van der Waals surface area contributed by atoms with E-state index in [4.69, 9.17) is 9.47 Å². The van der Waals surface area contributed by atoms with Gasteiger partial charge in [-0.15, -0.1) is 0 Å². The zero-order valence-electron chi connectivity index (χ0n) is 16.2. The van der Waals surface area contributed by atoms with Gasteiger partial charge in [0.15, 0.2) is 11.5 Å². The first-order valence-corrected chi connectivity index (χ1v) is 9.07. The SMILES string of the molecule is COc1cc(/C=N\NC(=O)C[C@@H]2C(=O)NN=C2C)ccc1OCc1ccccc1. The van der Waals surface area contributed by atoms with Gasteiger partial charge in [0.05, 0.1) is 19.2 Å². The molecule has 0 unspecified atom stereocenters. The highest BCUT2D eigenvalue weighted by molar-refractivity contribution is 6.09. The van der Waals surface area contributed by atoms with Crippen LogP contribution in [0.4, 0.5) is 0 Å². The quantitative estimate of drug-likeness (QED) is 0.530. The molecule has 0 radical (unpaired) electrons. The summed E-state index contributed by atoms with van der Waals surface area (Å²) in [4.78, 5) is 23.6. The summed E-state index contributed by atoms with van der Waals surface area (Å²) in [5, 5.41) is 7.75. The van der Waals surface area contributed by atoms with Gasteiger partial charge in [0.25, 0.3) is 0 Å². The molecular weight excluding hydrogens is 372 g/mol. The second-order valence-corrected chi connectivity index (χ2v) is 6.46. The number of nitrogens with zero attached hydrogens (tertiary/aromatic N) is 2. The number of hydrogen-bond acceptors (Lipinski definition) is 6. The maximum absolute atomic E-state index is 12.0. The summed E-state index contributed by atoms with van der Waals surface area (Å²) in [5.74, 6) is -0.0263. The Bertz CT molecular complexity index is 941. The van der Waals surface area contributed by atoms with Crippen molar-refractivity contribution in [1.82, 2.24) is 10.9 Å². The standard InChI is InChI=1S/C21H22N4O4/c1-14-17(21(27)25-23-14)11-20(26)24-22-12-16-8-9-18(19(10-16)28-2)29-13-15-6-4-3-5-7-15/h3-10,12,17H,11,13H2,1-2H3,(H,24,26)(H,25,27)/b22-12-/t17-/m0/s1. The van der Waals surface area contributed by atoms with Gasteiger partial charge in [-0.1, -0.05) is 30.3 Å². The summed E-state index contributed by atoms with van der Waals surface area (Å²) in [7, 11) is 1.56. The van der Waals surface area contributed by atoms with Gasteiger partial charge in [0, 0.05) is 12.1 Å². The number of rotatable bonds is 8. The first-order chi connectivity index (χ1) is 14.1. The minimum Gasteiger partial charge on any atom is -0.493 e. The van der Waals surface area contributed by atoms with Crippen LogP contribution in [-0.2, 0) is 16.2 Å². The van der Waals surface area contributed by atoms with Crippen LogP contribution in [0.2, 0.25) is 0 Å². The summed E-state index contributed by atoms with van der Waals surface area (Å²) >= 11 is 0. The molecule has 0 spiro atoms. The van der Waals surface area contributed by atoms with Crippen LogP contribution in [0.15, 0.2) is 58.7 Å². The summed E-state index contributed by atoms with van der Waals surface area (Å²) in [6.45, 7) is 2.13. The van der Waals surface area contributed by atoms with E-state index in [-0.39, 0.29) is 18.2 Å². The van der Waals surface area contributed by atoms with E-state index in [0.717, 1.165) is 11.1 Å². The van der Waals surface area contributed by atoms with Crippen LogP contribution in [0.5, 0.6) is 11.5 Å². The summed E-state index contributed by atoms with van der Waals surface area (Å²) in [6.07, 6.45) is 1.49. The molecule has 0 aliphatic carbocycles. The fraction of sp³-hybridized carbons (Fsp3) is 0.238. The van der Waals surface area contributed by atoms with Crippen LogP contribution < -0.4 is 20.3 Å². The maximum Gasteiger partial charge on any atom is 0.249 e.